The number of rotatable bonds is 6. The minimum absolute atomic E-state index is 0.0818. The Bertz CT molecular complexity index is 476. The number of hydrazine groups is 1. The van der Waals surface area contributed by atoms with Gasteiger partial charge in [0.25, 0.3) is 0 Å². The lowest BCUT2D eigenvalue weighted by Gasteiger charge is -2.18. The van der Waals surface area contributed by atoms with Crippen LogP contribution in [-0.4, -0.2) is 30.3 Å². The molecule has 1 amide bonds. The fraction of sp³-hybridized carbons (Fsp3) is 0.533. The molecular weight excluding hydrogens is 306 g/mol. The van der Waals surface area contributed by atoms with E-state index in [1.807, 2.05) is 24.3 Å². The molecule has 1 fully saturated rings. The Morgan fingerprint density at radius 1 is 1.29 bits per heavy atom. The molecule has 2 unspecified atom stereocenters. The molecule has 0 radical (unpaired) electrons. The van der Waals surface area contributed by atoms with Crippen LogP contribution in [0.25, 0.3) is 0 Å². The Balaban J connectivity index is 1.67. The van der Waals surface area contributed by atoms with Crippen LogP contribution in [0, 0.1) is 5.92 Å². The minimum Gasteiger partial charge on any atom is -0.355 e. The van der Waals surface area contributed by atoms with Gasteiger partial charge in [-0.25, -0.2) is 0 Å². The maximum absolute atomic E-state index is 11.9. The van der Waals surface area contributed by atoms with Crippen molar-refractivity contribution in [1.29, 1.82) is 0 Å². The van der Waals surface area contributed by atoms with E-state index in [1.54, 1.807) is 11.8 Å². The molecule has 6 heteroatoms. The minimum atomic E-state index is 0.0818. The molecule has 1 aliphatic heterocycles. The highest BCUT2D eigenvalue weighted by atomic mass is 35.5. The topological polar surface area (TPSA) is 53.2 Å². The zero-order valence-corrected chi connectivity index (χ0v) is 13.9. The first kappa shape index (κ1) is 16.6. The second kappa shape index (κ2) is 8.03. The van der Waals surface area contributed by atoms with E-state index >= 15 is 0 Å². The summed E-state index contributed by atoms with van der Waals surface area (Å²) in [5.41, 5.74) is 7.46. The zero-order valence-electron chi connectivity index (χ0n) is 12.4. The van der Waals surface area contributed by atoms with Gasteiger partial charge in [0.05, 0.1) is 5.75 Å². The summed E-state index contributed by atoms with van der Waals surface area (Å²) >= 11 is 7.68. The Labute approximate surface area is 135 Å². The molecule has 116 valence electrons. The van der Waals surface area contributed by atoms with Crippen molar-refractivity contribution in [3.63, 3.8) is 0 Å². The van der Waals surface area contributed by atoms with Gasteiger partial charge in [0, 0.05) is 35.3 Å². The van der Waals surface area contributed by atoms with Crippen LogP contribution in [-0.2, 0) is 10.5 Å². The van der Waals surface area contributed by atoms with Gasteiger partial charge in [-0.05, 0) is 25.5 Å². The molecule has 0 aliphatic carbocycles. The van der Waals surface area contributed by atoms with Crippen LogP contribution in [0.2, 0.25) is 5.02 Å². The summed E-state index contributed by atoms with van der Waals surface area (Å²) in [6.45, 7) is 4.95. The van der Waals surface area contributed by atoms with Crippen LogP contribution >= 0.6 is 23.4 Å². The SMILES string of the molecule is CC1NNC(C)C1CNC(=O)CSCc1ccccc1Cl. The summed E-state index contributed by atoms with van der Waals surface area (Å²) < 4.78 is 0. The Hall–Kier alpha value is -0.750. The average Bonchev–Trinajstić information content (AvgIpc) is 2.78. The number of thioether (sulfide) groups is 1. The van der Waals surface area contributed by atoms with E-state index in [0.717, 1.165) is 16.3 Å². The maximum atomic E-state index is 11.9. The molecule has 3 N–H and O–H groups in total. The van der Waals surface area contributed by atoms with E-state index in [-0.39, 0.29) is 5.91 Å². The van der Waals surface area contributed by atoms with Gasteiger partial charge >= 0.3 is 0 Å². The third-order valence-corrected chi connectivity index (χ3v) is 5.16. The fourth-order valence-corrected chi connectivity index (χ4v) is 3.56. The first-order chi connectivity index (χ1) is 10.1. The number of carbonyl (C=O) groups is 1. The summed E-state index contributed by atoms with van der Waals surface area (Å²) in [6, 6.07) is 8.49. The van der Waals surface area contributed by atoms with Gasteiger partial charge in [-0.15, -0.1) is 11.8 Å². The maximum Gasteiger partial charge on any atom is 0.230 e. The molecule has 1 aromatic rings. The molecule has 21 heavy (non-hydrogen) atoms. The van der Waals surface area contributed by atoms with Crippen molar-refractivity contribution in [2.75, 3.05) is 12.3 Å². The van der Waals surface area contributed by atoms with Crippen LogP contribution in [0.1, 0.15) is 19.4 Å². The largest absolute Gasteiger partial charge is 0.355 e. The van der Waals surface area contributed by atoms with E-state index in [0.29, 0.717) is 30.3 Å². The molecule has 0 aromatic heterocycles. The monoisotopic (exact) mass is 327 g/mol. The number of nitrogens with one attached hydrogen (secondary N) is 3. The van der Waals surface area contributed by atoms with E-state index in [1.165, 1.54) is 0 Å². The molecule has 0 saturated carbocycles. The van der Waals surface area contributed by atoms with Gasteiger partial charge in [-0.1, -0.05) is 29.8 Å². The molecule has 0 spiro atoms. The second-order valence-corrected chi connectivity index (χ2v) is 6.81. The van der Waals surface area contributed by atoms with Crippen LogP contribution < -0.4 is 16.2 Å². The van der Waals surface area contributed by atoms with Gasteiger partial charge in [0.15, 0.2) is 0 Å². The van der Waals surface area contributed by atoms with Crippen molar-refractivity contribution in [3.05, 3.63) is 34.9 Å². The van der Waals surface area contributed by atoms with E-state index < -0.39 is 0 Å². The average molecular weight is 328 g/mol. The molecular formula is C15H22ClN3OS. The molecule has 2 atom stereocenters. The van der Waals surface area contributed by atoms with Gasteiger partial charge in [-0.3, -0.25) is 15.6 Å². The normalized spacial score (nSPS) is 25.0. The van der Waals surface area contributed by atoms with Gasteiger partial charge in [0.2, 0.25) is 5.91 Å². The lowest BCUT2D eigenvalue weighted by molar-refractivity contribution is -0.118. The highest BCUT2D eigenvalue weighted by Crippen LogP contribution is 2.20. The van der Waals surface area contributed by atoms with E-state index in [9.17, 15) is 4.79 Å². The van der Waals surface area contributed by atoms with Crippen molar-refractivity contribution in [2.24, 2.45) is 5.92 Å². The second-order valence-electron chi connectivity index (χ2n) is 5.42. The van der Waals surface area contributed by atoms with Gasteiger partial charge in [0.1, 0.15) is 0 Å². The van der Waals surface area contributed by atoms with Crippen LogP contribution in [0.15, 0.2) is 24.3 Å². The molecule has 1 aromatic carbocycles. The quantitative estimate of drug-likeness (QED) is 0.749. The van der Waals surface area contributed by atoms with Gasteiger partial charge in [-0.2, -0.15) is 0 Å². The molecule has 1 saturated heterocycles. The number of hydrogen-bond acceptors (Lipinski definition) is 4. The molecule has 1 aliphatic rings. The van der Waals surface area contributed by atoms with Crippen molar-refractivity contribution < 1.29 is 4.79 Å². The molecule has 0 bridgehead atoms. The summed E-state index contributed by atoms with van der Waals surface area (Å²) in [6.07, 6.45) is 0. The van der Waals surface area contributed by atoms with Crippen LogP contribution in [0.5, 0.6) is 0 Å². The Kier molecular flexibility index (Phi) is 6.36. The molecule has 4 nitrogen and oxygen atoms in total. The zero-order chi connectivity index (χ0) is 15.2. The lowest BCUT2D eigenvalue weighted by Crippen LogP contribution is -2.37. The highest BCUT2D eigenvalue weighted by molar-refractivity contribution is 7.99. The van der Waals surface area contributed by atoms with Crippen LogP contribution in [0.3, 0.4) is 0 Å². The highest BCUT2D eigenvalue weighted by Gasteiger charge is 2.29. The summed E-state index contributed by atoms with van der Waals surface area (Å²) in [7, 11) is 0. The predicted octanol–water partition coefficient (Wildman–Crippen LogP) is 2.19. The van der Waals surface area contributed by atoms with E-state index in [4.69, 9.17) is 11.6 Å². The fourth-order valence-electron chi connectivity index (χ4n) is 2.42. The van der Waals surface area contributed by atoms with Crippen molar-refractivity contribution >= 4 is 29.3 Å². The third kappa shape index (κ3) is 4.88. The molecule has 2 rings (SSSR count). The predicted molar refractivity (Wildman–Crippen MR) is 89.3 cm³/mol. The third-order valence-electron chi connectivity index (χ3n) is 3.81. The van der Waals surface area contributed by atoms with Crippen molar-refractivity contribution in [2.45, 2.75) is 31.7 Å². The smallest absolute Gasteiger partial charge is 0.230 e. The van der Waals surface area contributed by atoms with E-state index in [2.05, 4.69) is 30.0 Å². The number of halogens is 1. The Morgan fingerprint density at radius 2 is 1.95 bits per heavy atom. The van der Waals surface area contributed by atoms with Crippen molar-refractivity contribution in [1.82, 2.24) is 16.2 Å². The first-order valence-corrected chi connectivity index (χ1v) is 8.70. The number of carbonyl (C=O) groups excluding carboxylic acids is 1. The lowest BCUT2D eigenvalue weighted by atomic mass is 9.97. The first-order valence-electron chi connectivity index (χ1n) is 7.17. The summed E-state index contributed by atoms with van der Waals surface area (Å²) in [5.74, 6) is 1.72. The molecule has 1 heterocycles. The number of amides is 1. The van der Waals surface area contributed by atoms with Crippen molar-refractivity contribution in [3.8, 4) is 0 Å². The standard InChI is InChI=1S/C15H22ClN3OS/c1-10-13(11(2)19-18-10)7-17-15(20)9-21-8-12-5-3-4-6-14(12)16/h3-6,10-11,13,18-19H,7-9H2,1-2H3,(H,17,20). The number of benzene rings is 1. The van der Waals surface area contributed by atoms with Crippen LogP contribution in [0.4, 0.5) is 0 Å². The Morgan fingerprint density at radius 3 is 2.62 bits per heavy atom. The summed E-state index contributed by atoms with van der Waals surface area (Å²) in [5, 5.41) is 3.77. The van der Waals surface area contributed by atoms with Gasteiger partial charge < -0.3 is 5.32 Å². The number of hydrogen-bond donors (Lipinski definition) is 3. The summed E-state index contributed by atoms with van der Waals surface area (Å²) in [4.78, 5) is 11.9.